The number of pyridine rings is 1. The monoisotopic (exact) mass is 278 g/mol. The summed E-state index contributed by atoms with van der Waals surface area (Å²) in [7, 11) is -3.83. The highest BCUT2D eigenvalue weighted by Gasteiger charge is 2.19. The Morgan fingerprint density at radius 1 is 1.47 bits per heavy atom. The van der Waals surface area contributed by atoms with Gasteiger partial charge in [0.1, 0.15) is 16.7 Å². The van der Waals surface area contributed by atoms with Gasteiger partial charge in [-0.15, -0.1) is 0 Å². The van der Waals surface area contributed by atoms with Crippen LogP contribution >= 0.6 is 0 Å². The summed E-state index contributed by atoms with van der Waals surface area (Å²) in [5, 5.41) is 8.83. The molecule has 2 aromatic rings. The average molecular weight is 278 g/mol. The third-order valence-electron chi connectivity index (χ3n) is 2.25. The Hall–Kier alpha value is -2.24. The third kappa shape index (κ3) is 2.96. The normalized spacial score (nSPS) is 11.2. The lowest BCUT2D eigenvalue weighted by Crippen LogP contribution is -2.24. The summed E-state index contributed by atoms with van der Waals surface area (Å²) >= 11 is 0. The summed E-state index contributed by atoms with van der Waals surface area (Å²) in [6.45, 7) is 1.62. The minimum Gasteiger partial charge on any atom is -0.445 e. The molecule has 0 aliphatic rings. The van der Waals surface area contributed by atoms with Crippen LogP contribution in [0.15, 0.2) is 33.8 Å². The molecule has 98 valence electrons. The lowest BCUT2D eigenvalue weighted by Gasteiger charge is -2.05. The largest absolute Gasteiger partial charge is 0.445 e. The molecule has 19 heavy (non-hydrogen) atoms. The van der Waals surface area contributed by atoms with Gasteiger partial charge in [0.2, 0.25) is 15.9 Å². The maximum atomic E-state index is 12.0. The zero-order valence-electron chi connectivity index (χ0n) is 9.99. The van der Waals surface area contributed by atoms with E-state index in [1.807, 2.05) is 0 Å². The van der Waals surface area contributed by atoms with Crippen LogP contribution in [0.25, 0.3) is 0 Å². The summed E-state index contributed by atoms with van der Waals surface area (Å²) in [5.41, 5.74) is -0.154. The quantitative estimate of drug-likeness (QED) is 0.882. The highest BCUT2D eigenvalue weighted by atomic mass is 32.2. The number of sulfonamides is 1. The molecule has 0 spiro atoms. The van der Waals surface area contributed by atoms with Crippen LogP contribution in [-0.2, 0) is 16.6 Å². The highest BCUT2D eigenvalue weighted by Crippen LogP contribution is 2.12. The Morgan fingerprint density at radius 2 is 2.26 bits per heavy atom. The predicted octanol–water partition coefficient (Wildman–Crippen LogP) is 0.728. The van der Waals surface area contributed by atoms with Crippen LogP contribution in [0.5, 0.6) is 0 Å². The van der Waals surface area contributed by atoms with Crippen LogP contribution < -0.4 is 4.72 Å². The van der Waals surface area contributed by atoms with Crippen molar-refractivity contribution < 1.29 is 12.8 Å². The maximum absolute atomic E-state index is 12.0. The van der Waals surface area contributed by atoms with Gasteiger partial charge in [0.25, 0.3) is 0 Å². The van der Waals surface area contributed by atoms with Crippen molar-refractivity contribution in [1.82, 2.24) is 14.7 Å². The zero-order valence-corrected chi connectivity index (χ0v) is 10.8. The molecule has 0 aliphatic carbocycles. The van der Waals surface area contributed by atoms with Crippen molar-refractivity contribution in [2.75, 3.05) is 0 Å². The molecule has 0 bridgehead atoms. The SMILES string of the molecule is Cc1cnc(CNS(=O)(=O)c2cccnc2C#N)o1. The van der Waals surface area contributed by atoms with E-state index in [0.717, 1.165) is 0 Å². The molecule has 7 nitrogen and oxygen atoms in total. The Labute approximate surface area is 110 Å². The van der Waals surface area contributed by atoms with E-state index >= 15 is 0 Å². The topological polar surface area (TPSA) is 109 Å². The van der Waals surface area contributed by atoms with Gasteiger partial charge < -0.3 is 4.42 Å². The van der Waals surface area contributed by atoms with Crippen molar-refractivity contribution in [1.29, 1.82) is 5.26 Å². The second-order valence-corrected chi connectivity index (χ2v) is 5.39. The van der Waals surface area contributed by atoms with Gasteiger partial charge in [-0.1, -0.05) is 0 Å². The summed E-state index contributed by atoms with van der Waals surface area (Å²) in [6, 6.07) is 4.50. The third-order valence-corrected chi connectivity index (χ3v) is 3.68. The van der Waals surface area contributed by atoms with Gasteiger partial charge in [-0.2, -0.15) is 5.26 Å². The van der Waals surface area contributed by atoms with E-state index in [9.17, 15) is 8.42 Å². The lowest BCUT2D eigenvalue weighted by molar-refractivity contribution is 0.463. The second kappa shape index (κ2) is 5.17. The predicted molar refractivity (Wildman–Crippen MR) is 64.2 cm³/mol. The van der Waals surface area contributed by atoms with Crippen LogP contribution in [-0.4, -0.2) is 18.4 Å². The van der Waals surface area contributed by atoms with Crippen molar-refractivity contribution in [3.63, 3.8) is 0 Å². The summed E-state index contributed by atoms with van der Waals surface area (Å²) in [6.07, 6.45) is 2.85. The van der Waals surface area contributed by atoms with Crippen molar-refractivity contribution in [2.24, 2.45) is 0 Å². The number of hydrogen-bond acceptors (Lipinski definition) is 6. The van der Waals surface area contributed by atoms with Gasteiger partial charge >= 0.3 is 0 Å². The van der Waals surface area contributed by atoms with Crippen molar-refractivity contribution in [3.8, 4) is 6.07 Å². The van der Waals surface area contributed by atoms with Gasteiger partial charge in [0.15, 0.2) is 5.69 Å². The number of nitrogens with one attached hydrogen (secondary N) is 1. The first-order valence-electron chi connectivity index (χ1n) is 5.29. The maximum Gasteiger partial charge on any atom is 0.243 e. The summed E-state index contributed by atoms with van der Waals surface area (Å²) < 4.78 is 31.5. The second-order valence-electron chi connectivity index (χ2n) is 3.65. The number of aryl methyl sites for hydroxylation is 1. The van der Waals surface area contributed by atoms with E-state index in [-0.39, 0.29) is 23.0 Å². The first-order valence-corrected chi connectivity index (χ1v) is 6.77. The number of aromatic nitrogens is 2. The molecule has 0 unspecified atom stereocenters. The van der Waals surface area contributed by atoms with E-state index in [1.54, 1.807) is 13.0 Å². The van der Waals surface area contributed by atoms with E-state index in [0.29, 0.717) is 5.76 Å². The van der Waals surface area contributed by atoms with Crippen LogP contribution in [0.2, 0.25) is 0 Å². The van der Waals surface area contributed by atoms with Gasteiger partial charge in [0, 0.05) is 6.20 Å². The van der Waals surface area contributed by atoms with Crippen molar-refractivity contribution >= 4 is 10.0 Å². The number of nitrogens with zero attached hydrogens (tertiary/aromatic N) is 3. The fraction of sp³-hybridized carbons (Fsp3) is 0.182. The molecule has 0 saturated heterocycles. The summed E-state index contributed by atoms with van der Waals surface area (Å²) in [5.74, 6) is 0.844. The smallest absolute Gasteiger partial charge is 0.243 e. The van der Waals surface area contributed by atoms with E-state index in [2.05, 4.69) is 14.7 Å². The number of oxazole rings is 1. The molecule has 1 N–H and O–H groups in total. The van der Waals surface area contributed by atoms with E-state index in [4.69, 9.17) is 9.68 Å². The molecule has 2 heterocycles. The van der Waals surface area contributed by atoms with Gasteiger partial charge in [-0.25, -0.2) is 23.1 Å². The molecule has 0 radical (unpaired) electrons. The van der Waals surface area contributed by atoms with E-state index in [1.165, 1.54) is 24.5 Å². The molecule has 0 aliphatic heterocycles. The molecule has 0 amide bonds. The standard InChI is InChI=1S/C11H10N4O3S/c1-8-6-14-11(18-8)7-15-19(16,17)10-3-2-4-13-9(10)5-12/h2-4,6,15H,7H2,1H3. The number of rotatable bonds is 4. The van der Waals surface area contributed by atoms with E-state index < -0.39 is 10.0 Å². The summed E-state index contributed by atoms with van der Waals surface area (Å²) in [4.78, 5) is 7.42. The van der Waals surface area contributed by atoms with Crippen LogP contribution in [0.1, 0.15) is 17.3 Å². The molecule has 2 aromatic heterocycles. The number of hydrogen-bond donors (Lipinski definition) is 1. The highest BCUT2D eigenvalue weighted by molar-refractivity contribution is 7.89. The molecular formula is C11H10N4O3S. The Kier molecular flexibility index (Phi) is 3.59. The fourth-order valence-electron chi connectivity index (χ4n) is 1.41. The molecule has 0 fully saturated rings. The van der Waals surface area contributed by atoms with Crippen LogP contribution in [0.4, 0.5) is 0 Å². The zero-order chi connectivity index (χ0) is 13.9. The lowest BCUT2D eigenvalue weighted by atomic mass is 10.4. The van der Waals surface area contributed by atoms with Crippen molar-refractivity contribution in [3.05, 3.63) is 41.9 Å². The Bertz CT molecular complexity index is 730. The minimum atomic E-state index is -3.83. The molecule has 2 rings (SSSR count). The Morgan fingerprint density at radius 3 is 2.89 bits per heavy atom. The first kappa shape index (κ1) is 13.2. The fourth-order valence-corrected chi connectivity index (χ4v) is 2.49. The Balaban J connectivity index is 2.21. The molecular weight excluding hydrogens is 268 g/mol. The average Bonchev–Trinajstić information content (AvgIpc) is 2.82. The molecule has 8 heteroatoms. The first-order chi connectivity index (χ1) is 9.03. The van der Waals surface area contributed by atoms with Crippen LogP contribution in [0, 0.1) is 18.3 Å². The van der Waals surface area contributed by atoms with Gasteiger partial charge in [-0.3, -0.25) is 0 Å². The molecule has 0 atom stereocenters. The molecule has 0 saturated carbocycles. The minimum absolute atomic E-state index is 0.0874. The van der Waals surface area contributed by atoms with Gasteiger partial charge in [-0.05, 0) is 19.1 Å². The van der Waals surface area contributed by atoms with Gasteiger partial charge in [0.05, 0.1) is 12.7 Å². The van der Waals surface area contributed by atoms with Crippen molar-refractivity contribution in [2.45, 2.75) is 18.4 Å². The molecule has 0 aromatic carbocycles. The number of nitriles is 1. The van der Waals surface area contributed by atoms with Crippen LogP contribution in [0.3, 0.4) is 0 Å².